The van der Waals surface area contributed by atoms with Gasteiger partial charge in [0, 0.05) is 0 Å². The molecule has 0 aliphatic heterocycles. The Kier molecular flexibility index (Phi) is 7.37. The summed E-state index contributed by atoms with van der Waals surface area (Å²) < 4.78 is 10.2. The van der Waals surface area contributed by atoms with Crippen molar-refractivity contribution in [3.8, 4) is 5.75 Å². The van der Waals surface area contributed by atoms with E-state index in [9.17, 15) is 14.4 Å². The van der Waals surface area contributed by atoms with Gasteiger partial charge in [-0.3, -0.25) is 20.4 Å². The zero-order chi connectivity index (χ0) is 19.6. The molecule has 0 atom stereocenters. The van der Waals surface area contributed by atoms with Crippen LogP contribution in [0.4, 0.5) is 0 Å². The van der Waals surface area contributed by atoms with Crippen LogP contribution < -0.4 is 15.6 Å². The Morgan fingerprint density at radius 3 is 2.26 bits per heavy atom. The van der Waals surface area contributed by atoms with Gasteiger partial charge < -0.3 is 9.47 Å². The molecule has 0 saturated carbocycles. The first-order chi connectivity index (χ1) is 13.0. The van der Waals surface area contributed by atoms with Crippen molar-refractivity contribution in [1.29, 1.82) is 0 Å². The number of carbonyl (C=O) groups excluding carboxylic acids is 3. The van der Waals surface area contributed by atoms with Gasteiger partial charge in [-0.05, 0) is 49.2 Å². The van der Waals surface area contributed by atoms with E-state index in [4.69, 9.17) is 9.47 Å². The molecule has 2 aromatic carbocycles. The Morgan fingerprint density at radius 1 is 0.926 bits per heavy atom. The van der Waals surface area contributed by atoms with Gasteiger partial charge in [-0.1, -0.05) is 24.3 Å². The lowest BCUT2D eigenvalue weighted by Gasteiger charge is -2.10. The summed E-state index contributed by atoms with van der Waals surface area (Å²) in [6.45, 7) is 3.67. The second-order valence-electron chi connectivity index (χ2n) is 5.73. The summed E-state index contributed by atoms with van der Waals surface area (Å²) in [6.07, 6.45) is 0.170. The molecule has 27 heavy (non-hydrogen) atoms. The van der Waals surface area contributed by atoms with Gasteiger partial charge in [0.2, 0.25) is 5.91 Å². The predicted octanol–water partition coefficient (Wildman–Crippen LogP) is 1.94. The van der Waals surface area contributed by atoms with Crippen molar-refractivity contribution in [3.63, 3.8) is 0 Å². The van der Waals surface area contributed by atoms with E-state index >= 15 is 0 Å². The summed E-state index contributed by atoms with van der Waals surface area (Å²) in [6, 6.07) is 13.8. The highest BCUT2D eigenvalue weighted by atomic mass is 16.5. The van der Waals surface area contributed by atoms with Gasteiger partial charge in [0.15, 0.2) is 6.61 Å². The Morgan fingerprint density at radius 2 is 1.59 bits per heavy atom. The van der Waals surface area contributed by atoms with Crippen LogP contribution in [0.5, 0.6) is 5.75 Å². The van der Waals surface area contributed by atoms with Gasteiger partial charge in [-0.2, -0.15) is 0 Å². The van der Waals surface area contributed by atoms with E-state index < -0.39 is 11.9 Å². The fourth-order valence-corrected chi connectivity index (χ4v) is 2.25. The maximum Gasteiger partial charge on any atom is 0.338 e. The zero-order valence-corrected chi connectivity index (χ0v) is 15.3. The van der Waals surface area contributed by atoms with Gasteiger partial charge >= 0.3 is 5.97 Å². The normalized spacial score (nSPS) is 10.0. The number of rotatable bonds is 7. The third-order valence-electron chi connectivity index (χ3n) is 3.69. The van der Waals surface area contributed by atoms with E-state index in [2.05, 4.69) is 10.9 Å². The van der Waals surface area contributed by atoms with Gasteiger partial charge in [0.1, 0.15) is 5.75 Å². The minimum atomic E-state index is -0.498. The van der Waals surface area contributed by atoms with E-state index in [0.717, 1.165) is 11.1 Å². The zero-order valence-electron chi connectivity index (χ0n) is 15.3. The van der Waals surface area contributed by atoms with Crippen LogP contribution in [0.25, 0.3) is 0 Å². The fraction of sp³-hybridized carbons (Fsp3) is 0.250. The average molecular weight is 370 g/mol. The van der Waals surface area contributed by atoms with E-state index in [0.29, 0.717) is 17.9 Å². The van der Waals surface area contributed by atoms with Gasteiger partial charge in [-0.25, -0.2) is 4.79 Å². The first kappa shape index (κ1) is 20.0. The maximum atomic E-state index is 11.9. The summed E-state index contributed by atoms with van der Waals surface area (Å²) in [4.78, 5) is 35.2. The van der Waals surface area contributed by atoms with E-state index in [1.165, 1.54) is 0 Å². The lowest BCUT2D eigenvalue weighted by molar-refractivity contribution is -0.129. The predicted molar refractivity (Wildman–Crippen MR) is 99.1 cm³/mol. The monoisotopic (exact) mass is 370 g/mol. The van der Waals surface area contributed by atoms with Gasteiger partial charge in [0.25, 0.3) is 5.91 Å². The van der Waals surface area contributed by atoms with Crippen molar-refractivity contribution in [3.05, 3.63) is 65.2 Å². The van der Waals surface area contributed by atoms with Crippen LogP contribution in [0.2, 0.25) is 0 Å². The number of carbonyl (C=O) groups is 3. The summed E-state index contributed by atoms with van der Waals surface area (Å²) in [7, 11) is 0. The molecule has 2 aromatic rings. The van der Waals surface area contributed by atoms with E-state index in [1.54, 1.807) is 31.2 Å². The minimum Gasteiger partial charge on any atom is -0.484 e. The minimum absolute atomic E-state index is 0.170. The number of nitrogens with one attached hydrogen (secondary N) is 2. The molecule has 7 heteroatoms. The largest absolute Gasteiger partial charge is 0.484 e. The van der Waals surface area contributed by atoms with Crippen molar-refractivity contribution in [2.45, 2.75) is 20.3 Å². The number of aryl methyl sites for hydroxylation is 1. The van der Waals surface area contributed by atoms with Crippen molar-refractivity contribution >= 4 is 17.8 Å². The molecular formula is C20H22N2O5. The topological polar surface area (TPSA) is 93.7 Å². The summed E-state index contributed by atoms with van der Waals surface area (Å²) in [5, 5.41) is 0. The number of amides is 2. The number of ether oxygens (including phenoxy) is 2. The molecule has 0 spiro atoms. The molecule has 0 unspecified atom stereocenters. The highest BCUT2D eigenvalue weighted by Crippen LogP contribution is 2.13. The number of hydrogen-bond donors (Lipinski definition) is 2. The number of hydrogen-bond acceptors (Lipinski definition) is 5. The number of benzene rings is 2. The molecule has 0 radical (unpaired) electrons. The quantitative estimate of drug-likeness (QED) is 0.574. The van der Waals surface area contributed by atoms with Crippen LogP contribution in [-0.2, 0) is 20.7 Å². The Labute approximate surface area is 157 Å². The van der Waals surface area contributed by atoms with Crippen molar-refractivity contribution in [2.75, 3.05) is 13.2 Å². The molecule has 2 amide bonds. The van der Waals surface area contributed by atoms with Gasteiger partial charge in [0.05, 0.1) is 18.6 Å². The van der Waals surface area contributed by atoms with Crippen molar-refractivity contribution in [2.24, 2.45) is 0 Å². The molecule has 0 aromatic heterocycles. The molecule has 7 nitrogen and oxygen atoms in total. The molecule has 142 valence electrons. The molecule has 2 N–H and O–H groups in total. The Balaban J connectivity index is 1.73. The van der Waals surface area contributed by atoms with Crippen molar-refractivity contribution < 1.29 is 23.9 Å². The summed E-state index contributed by atoms with van der Waals surface area (Å²) in [5.74, 6) is -0.818. The number of hydrazine groups is 1. The molecule has 0 saturated heterocycles. The molecule has 0 aliphatic carbocycles. The maximum absolute atomic E-state index is 11.9. The highest BCUT2D eigenvalue weighted by molar-refractivity contribution is 5.89. The SMILES string of the molecule is CCOC(=O)c1ccc(OCC(=O)NNC(=O)Cc2ccccc2C)cc1. The lowest BCUT2D eigenvalue weighted by Crippen LogP contribution is -2.44. The fourth-order valence-electron chi connectivity index (χ4n) is 2.25. The number of esters is 1. The van der Waals surface area contributed by atoms with E-state index in [1.807, 2.05) is 31.2 Å². The lowest BCUT2D eigenvalue weighted by atomic mass is 10.1. The Bertz CT molecular complexity index is 802. The first-order valence-electron chi connectivity index (χ1n) is 8.51. The smallest absolute Gasteiger partial charge is 0.338 e. The molecule has 0 bridgehead atoms. The van der Waals surface area contributed by atoms with Crippen LogP contribution in [-0.4, -0.2) is 31.0 Å². The molecule has 2 rings (SSSR count). The second kappa shape index (κ2) is 9.96. The van der Waals surface area contributed by atoms with Gasteiger partial charge in [-0.15, -0.1) is 0 Å². The molecular weight excluding hydrogens is 348 g/mol. The Hall–Kier alpha value is -3.35. The molecule has 0 heterocycles. The highest BCUT2D eigenvalue weighted by Gasteiger charge is 2.09. The molecule has 0 fully saturated rings. The summed E-state index contributed by atoms with van der Waals surface area (Å²) >= 11 is 0. The second-order valence-corrected chi connectivity index (χ2v) is 5.73. The van der Waals surface area contributed by atoms with Crippen LogP contribution in [0, 0.1) is 6.92 Å². The standard InChI is InChI=1S/C20H22N2O5/c1-3-26-20(25)15-8-10-17(11-9-15)27-13-19(24)22-21-18(23)12-16-7-5-4-6-14(16)2/h4-11H,3,12-13H2,1-2H3,(H,21,23)(H,22,24). The average Bonchev–Trinajstić information content (AvgIpc) is 2.67. The van der Waals surface area contributed by atoms with Crippen molar-refractivity contribution in [1.82, 2.24) is 10.9 Å². The third kappa shape index (κ3) is 6.47. The van der Waals surface area contributed by atoms with Crippen LogP contribution in [0.15, 0.2) is 48.5 Å². The molecule has 0 aliphatic rings. The van der Waals surface area contributed by atoms with Crippen LogP contribution >= 0.6 is 0 Å². The van der Waals surface area contributed by atoms with Crippen LogP contribution in [0.1, 0.15) is 28.4 Å². The van der Waals surface area contributed by atoms with E-state index in [-0.39, 0.29) is 18.9 Å². The first-order valence-corrected chi connectivity index (χ1v) is 8.51. The third-order valence-corrected chi connectivity index (χ3v) is 3.69. The van der Waals surface area contributed by atoms with Crippen LogP contribution in [0.3, 0.4) is 0 Å². The summed E-state index contributed by atoms with van der Waals surface area (Å²) in [5.41, 5.74) is 6.95.